The standard InChI is InChI=1S/C12H20Br2O/c13-9-5-1-3-7-11(9)15-12-8-4-2-6-10(12)14/h9-12H,1-8H2. The van der Waals surface area contributed by atoms with Gasteiger partial charge in [0.15, 0.2) is 0 Å². The minimum atomic E-state index is 0.460. The van der Waals surface area contributed by atoms with E-state index >= 15 is 0 Å². The average Bonchev–Trinajstić information content (AvgIpc) is 2.24. The fourth-order valence-electron chi connectivity index (χ4n) is 2.63. The molecule has 0 aromatic carbocycles. The monoisotopic (exact) mass is 338 g/mol. The Morgan fingerprint density at radius 1 is 0.667 bits per heavy atom. The van der Waals surface area contributed by atoms with Gasteiger partial charge in [0.25, 0.3) is 0 Å². The van der Waals surface area contributed by atoms with Crippen LogP contribution in [0.5, 0.6) is 0 Å². The molecule has 15 heavy (non-hydrogen) atoms. The van der Waals surface area contributed by atoms with Crippen molar-refractivity contribution >= 4 is 31.9 Å². The highest BCUT2D eigenvalue weighted by atomic mass is 79.9. The third kappa shape index (κ3) is 3.44. The maximum Gasteiger partial charge on any atom is 0.0704 e. The van der Waals surface area contributed by atoms with E-state index in [0.29, 0.717) is 21.9 Å². The third-order valence-corrected chi connectivity index (χ3v) is 5.69. The van der Waals surface area contributed by atoms with Crippen LogP contribution in [0.3, 0.4) is 0 Å². The summed E-state index contributed by atoms with van der Waals surface area (Å²) in [5, 5.41) is 0. The minimum absolute atomic E-state index is 0.460. The molecule has 2 aliphatic rings. The van der Waals surface area contributed by atoms with E-state index in [-0.39, 0.29) is 0 Å². The van der Waals surface area contributed by atoms with Crippen LogP contribution in [0.25, 0.3) is 0 Å². The van der Waals surface area contributed by atoms with E-state index in [1.165, 1.54) is 51.4 Å². The smallest absolute Gasteiger partial charge is 0.0704 e. The predicted molar refractivity (Wildman–Crippen MR) is 71.0 cm³/mol. The zero-order chi connectivity index (χ0) is 10.7. The molecule has 0 aromatic rings. The molecule has 3 heteroatoms. The number of rotatable bonds is 2. The zero-order valence-corrected chi connectivity index (χ0v) is 12.3. The lowest BCUT2D eigenvalue weighted by Gasteiger charge is -2.35. The van der Waals surface area contributed by atoms with E-state index in [1.54, 1.807) is 0 Å². The lowest BCUT2D eigenvalue weighted by molar-refractivity contribution is -0.0364. The van der Waals surface area contributed by atoms with Crippen molar-refractivity contribution in [1.29, 1.82) is 0 Å². The normalized spacial score (nSPS) is 42.8. The molecule has 4 atom stereocenters. The van der Waals surface area contributed by atoms with Crippen LogP contribution in [0.2, 0.25) is 0 Å². The van der Waals surface area contributed by atoms with E-state index in [0.717, 1.165) is 0 Å². The van der Waals surface area contributed by atoms with Gasteiger partial charge in [0.2, 0.25) is 0 Å². The second-order valence-electron chi connectivity index (χ2n) is 4.81. The first kappa shape index (κ1) is 12.4. The van der Waals surface area contributed by atoms with Crippen molar-refractivity contribution in [1.82, 2.24) is 0 Å². The number of halogens is 2. The molecule has 0 radical (unpaired) electrons. The van der Waals surface area contributed by atoms with Gasteiger partial charge in [-0.2, -0.15) is 0 Å². The Hall–Kier alpha value is 0.920. The third-order valence-electron chi connectivity index (χ3n) is 3.59. The SMILES string of the molecule is BrC1CCCCC1OC1CCCCC1Br. The molecule has 0 aliphatic heterocycles. The molecule has 2 saturated carbocycles. The van der Waals surface area contributed by atoms with Crippen LogP contribution in [0.4, 0.5) is 0 Å². The van der Waals surface area contributed by atoms with Crippen molar-refractivity contribution in [2.75, 3.05) is 0 Å². The Kier molecular flexibility index (Phi) is 4.97. The highest BCUT2D eigenvalue weighted by Crippen LogP contribution is 2.33. The van der Waals surface area contributed by atoms with Crippen molar-refractivity contribution in [2.45, 2.75) is 73.2 Å². The predicted octanol–water partition coefficient (Wildman–Crippen LogP) is 4.42. The van der Waals surface area contributed by atoms with Gasteiger partial charge in [-0.05, 0) is 25.7 Å². The maximum absolute atomic E-state index is 6.26. The summed E-state index contributed by atoms with van der Waals surface area (Å²) in [5.74, 6) is 0. The van der Waals surface area contributed by atoms with Crippen LogP contribution in [0.1, 0.15) is 51.4 Å². The van der Waals surface area contributed by atoms with Crippen molar-refractivity contribution in [3.63, 3.8) is 0 Å². The number of ether oxygens (including phenoxy) is 1. The first-order valence-corrected chi connectivity index (χ1v) is 8.04. The lowest BCUT2D eigenvalue weighted by Crippen LogP contribution is -2.37. The lowest BCUT2D eigenvalue weighted by atomic mass is 9.94. The van der Waals surface area contributed by atoms with Crippen molar-refractivity contribution < 1.29 is 4.74 Å². The van der Waals surface area contributed by atoms with Gasteiger partial charge in [-0.25, -0.2) is 0 Å². The van der Waals surface area contributed by atoms with Gasteiger partial charge in [0.1, 0.15) is 0 Å². The van der Waals surface area contributed by atoms with Crippen LogP contribution in [-0.4, -0.2) is 21.9 Å². The number of alkyl halides is 2. The molecule has 1 nitrogen and oxygen atoms in total. The van der Waals surface area contributed by atoms with Gasteiger partial charge in [-0.1, -0.05) is 57.5 Å². The topological polar surface area (TPSA) is 9.23 Å². The van der Waals surface area contributed by atoms with Crippen LogP contribution >= 0.6 is 31.9 Å². The number of hydrogen-bond donors (Lipinski definition) is 0. The van der Waals surface area contributed by atoms with Gasteiger partial charge in [-0.3, -0.25) is 0 Å². The second-order valence-corrected chi connectivity index (χ2v) is 7.17. The van der Waals surface area contributed by atoms with E-state index in [9.17, 15) is 0 Å². The molecule has 2 rings (SSSR count). The molecule has 0 heterocycles. The minimum Gasteiger partial charge on any atom is -0.373 e. The van der Waals surface area contributed by atoms with Crippen LogP contribution in [-0.2, 0) is 4.74 Å². The first-order valence-electron chi connectivity index (χ1n) is 6.21. The highest BCUT2D eigenvalue weighted by Gasteiger charge is 2.30. The summed E-state index contributed by atoms with van der Waals surface area (Å²) < 4.78 is 6.26. The highest BCUT2D eigenvalue weighted by molar-refractivity contribution is 9.09. The largest absolute Gasteiger partial charge is 0.373 e. The molecule has 4 unspecified atom stereocenters. The summed E-state index contributed by atoms with van der Waals surface area (Å²) in [5.41, 5.74) is 0. The summed E-state index contributed by atoms with van der Waals surface area (Å²) in [4.78, 5) is 1.18. The van der Waals surface area contributed by atoms with Crippen LogP contribution in [0.15, 0.2) is 0 Å². The summed E-state index contributed by atoms with van der Waals surface area (Å²) in [7, 11) is 0. The Morgan fingerprint density at radius 2 is 1.07 bits per heavy atom. The van der Waals surface area contributed by atoms with Crippen LogP contribution in [0, 0.1) is 0 Å². The van der Waals surface area contributed by atoms with Gasteiger partial charge < -0.3 is 4.74 Å². The Bertz CT molecular complexity index is 178. The summed E-state index contributed by atoms with van der Waals surface area (Å²) in [6, 6.07) is 0. The molecule has 88 valence electrons. The van der Waals surface area contributed by atoms with Crippen LogP contribution < -0.4 is 0 Å². The fourth-order valence-corrected chi connectivity index (χ4v) is 4.06. The number of hydrogen-bond acceptors (Lipinski definition) is 1. The van der Waals surface area contributed by atoms with Gasteiger partial charge in [-0.15, -0.1) is 0 Å². The molecule has 0 aromatic heterocycles. The molecular formula is C12H20Br2O. The molecule has 0 saturated heterocycles. The molecule has 0 bridgehead atoms. The maximum atomic E-state index is 6.26. The average molecular weight is 340 g/mol. The van der Waals surface area contributed by atoms with E-state index in [1.807, 2.05) is 0 Å². The summed E-state index contributed by atoms with van der Waals surface area (Å²) >= 11 is 7.52. The molecule has 2 aliphatic carbocycles. The van der Waals surface area contributed by atoms with Gasteiger partial charge >= 0.3 is 0 Å². The summed E-state index contributed by atoms with van der Waals surface area (Å²) in [6.45, 7) is 0. The Morgan fingerprint density at radius 3 is 1.47 bits per heavy atom. The zero-order valence-electron chi connectivity index (χ0n) is 9.13. The Balaban J connectivity index is 1.83. The quantitative estimate of drug-likeness (QED) is 0.677. The van der Waals surface area contributed by atoms with Crippen molar-refractivity contribution in [3.05, 3.63) is 0 Å². The second kappa shape index (κ2) is 6.02. The first-order chi connectivity index (χ1) is 7.27. The molecule has 0 N–H and O–H groups in total. The Labute approximate surface area is 110 Å². The van der Waals surface area contributed by atoms with Gasteiger partial charge in [0, 0.05) is 9.65 Å². The van der Waals surface area contributed by atoms with Crippen molar-refractivity contribution in [2.24, 2.45) is 0 Å². The van der Waals surface area contributed by atoms with Crippen molar-refractivity contribution in [3.8, 4) is 0 Å². The fraction of sp³-hybridized carbons (Fsp3) is 1.00. The van der Waals surface area contributed by atoms with E-state index in [4.69, 9.17) is 4.74 Å². The molecule has 0 spiro atoms. The van der Waals surface area contributed by atoms with E-state index < -0.39 is 0 Å². The van der Waals surface area contributed by atoms with E-state index in [2.05, 4.69) is 31.9 Å². The summed E-state index contributed by atoms with van der Waals surface area (Å²) in [6.07, 6.45) is 11.4. The molecular weight excluding hydrogens is 320 g/mol. The van der Waals surface area contributed by atoms with Gasteiger partial charge in [0.05, 0.1) is 12.2 Å². The molecule has 2 fully saturated rings. The molecule has 0 amide bonds.